The first-order chi connectivity index (χ1) is 11.9. The first-order valence-electron chi connectivity index (χ1n) is 10.3. The Labute approximate surface area is 157 Å². The lowest BCUT2D eigenvalue weighted by Gasteiger charge is -2.00. The van der Waals surface area contributed by atoms with E-state index in [-0.39, 0.29) is 0 Å². The van der Waals surface area contributed by atoms with Crippen LogP contribution in [0.3, 0.4) is 0 Å². The van der Waals surface area contributed by atoms with E-state index in [4.69, 9.17) is 0 Å². The zero-order valence-corrected chi connectivity index (χ0v) is 17.5. The molecule has 2 aromatic heterocycles. The Morgan fingerprint density at radius 1 is 0.542 bits per heavy atom. The van der Waals surface area contributed by atoms with Gasteiger partial charge in [-0.2, -0.15) is 0 Å². The predicted octanol–water partition coefficient (Wildman–Crippen LogP) is 8.77. The van der Waals surface area contributed by atoms with Gasteiger partial charge in [0.15, 0.2) is 0 Å². The number of thiophene rings is 2. The van der Waals surface area contributed by atoms with Gasteiger partial charge in [-0.1, -0.05) is 78.1 Å². The van der Waals surface area contributed by atoms with Crippen molar-refractivity contribution in [1.82, 2.24) is 0 Å². The van der Waals surface area contributed by atoms with Crippen LogP contribution in [0.15, 0.2) is 10.8 Å². The summed E-state index contributed by atoms with van der Waals surface area (Å²) in [5, 5.41) is 4.88. The third-order valence-electron chi connectivity index (χ3n) is 5.03. The van der Waals surface area contributed by atoms with E-state index in [2.05, 4.69) is 24.6 Å². The van der Waals surface area contributed by atoms with Crippen LogP contribution in [0.2, 0.25) is 0 Å². The maximum Gasteiger partial charge on any atom is 0.0485 e. The fourth-order valence-corrected chi connectivity index (χ4v) is 5.98. The Morgan fingerprint density at radius 3 is 1.33 bits per heavy atom. The van der Waals surface area contributed by atoms with Gasteiger partial charge in [0, 0.05) is 9.40 Å². The normalized spacial score (nSPS) is 11.6. The fourth-order valence-electron chi connectivity index (χ4n) is 3.45. The van der Waals surface area contributed by atoms with Gasteiger partial charge in [-0.3, -0.25) is 0 Å². The third-order valence-corrected chi connectivity index (χ3v) is 7.36. The molecule has 0 atom stereocenters. The number of fused-ring (bicyclic) bond motifs is 1. The number of hydrogen-bond donors (Lipinski definition) is 0. The molecular formula is C22H36S2. The summed E-state index contributed by atoms with van der Waals surface area (Å²) >= 11 is 4.00. The summed E-state index contributed by atoms with van der Waals surface area (Å²) in [5.41, 5.74) is 3.26. The Morgan fingerprint density at radius 2 is 0.917 bits per heavy atom. The molecule has 0 saturated heterocycles. The molecule has 0 saturated carbocycles. The van der Waals surface area contributed by atoms with E-state index in [1.54, 1.807) is 20.5 Å². The fraction of sp³-hybridized carbons (Fsp3) is 0.727. The van der Waals surface area contributed by atoms with Crippen LogP contribution < -0.4 is 0 Å². The molecule has 0 spiro atoms. The van der Waals surface area contributed by atoms with Gasteiger partial charge >= 0.3 is 0 Å². The molecule has 2 heterocycles. The van der Waals surface area contributed by atoms with Crippen molar-refractivity contribution in [1.29, 1.82) is 0 Å². The van der Waals surface area contributed by atoms with Crippen LogP contribution in [0.4, 0.5) is 0 Å². The summed E-state index contributed by atoms with van der Waals surface area (Å²) in [4.78, 5) is 0. The predicted molar refractivity (Wildman–Crippen MR) is 114 cm³/mol. The minimum absolute atomic E-state index is 1.29. The van der Waals surface area contributed by atoms with Crippen molar-refractivity contribution in [3.05, 3.63) is 21.9 Å². The molecule has 0 radical (unpaired) electrons. The molecule has 0 N–H and O–H groups in total. The number of unbranched alkanes of at least 4 members (excludes halogenated alkanes) is 10. The molecule has 0 unspecified atom stereocenters. The van der Waals surface area contributed by atoms with Crippen LogP contribution >= 0.6 is 22.7 Å². The lowest BCUT2D eigenvalue weighted by atomic mass is 10.1. The quantitative estimate of drug-likeness (QED) is 0.294. The van der Waals surface area contributed by atoms with E-state index in [0.29, 0.717) is 0 Å². The van der Waals surface area contributed by atoms with Crippen LogP contribution in [0.1, 0.15) is 102 Å². The Bertz CT molecular complexity index is 499. The molecule has 0 bridgehead atoms. The summed E-state index contributed by atoms with van der Waals surface area (Å²) in [6, 6.07) is 0. The van der Waals surface area contributed by atoms with E-state index < -0.39 is 0 Å². The van der Waals surface area contributed by atoms with E-state index >= 15 is 0 Å². The number of aryl methyl sites for hydroxylation is 2. The zero-order valence-electron chi connectivity index (χ0n) is 15.9. The summed E-state index contributed by atoms with van der Waals surface area (Å²) in [5.74, 6) is 0. The summed E-state index contributed by atoms with van der Waals surface area (Å²) in [6.07, 6.45) is 19.4. The van der Waals surface area contributed by atoms with E-state index in [0.717, 1.165) is 0 Å². The van der Waals surface area contributed by atoms with Gasteiger partial charge in [-0.25, -0.2) is 0 Å². The van der Waals surface area contributed by atoms with Crippen molar-refractivity contribution in [3.63, 3.8) is 0 Å². The summed E-state index contributed by atoms with van der Waals surface area (Å²) in [7, 11) is 0. The molecule has 2 rings (SSSR count). The standard InChI is InChI=1S/C22H36S2/c1-3-5-7-9-11-13-15-19-17-23-22-20(18-24-21(19)22)16-14-12-10-8-6-4-2/h17-18H,3-16H2,1-2H3. The summed E-state index contributed by atoms with van der Waals surface area (Å²) < 4.78 is 3.21. The van der Waals surface area contributed by atoms with Crippen molar-refractivity contribution in [2.75, 3.05) is 0 Å². The molecule has 0 nitrogen and oxygen atoms in total. The highest BCUT2D eigenvalue weighted by molar-refractivity contribution is 7.26. The van der Waals surface area contributed by atoms with Crippen LogP contribution in [-0.4, -0.2) is 0 Å². The van der Waals surface area contributed by atoms with Crippen molar-refractivity contribution in [3.8, 4) is 0 Å². The maximum atomic E-state index is 2.44. The van der Waals surface area contributed by atoms with Gasteiger partial charge in [0.2, 0.25) is 0 Å². The molecule has 0 aromatic carbocycles. The van der Waals surface area contributed by atoms with Crippen LogP contribution in [0, 0.1) is 0 Å². The minimum Gasteiger partial charge on any atom is -0.142 e. The van der Waals surface area contributed by atoms with Gasteiger partial charge in [-0.15, -0.1) is 22.7 Å². The lowest BCUT2D eigenvalue weighted by Crippen LogP contribution is -1.84. The molecule has 136 valence electrons. The maximum absolute atomic E-state index is 2.44. The molecule has 2 aromatic rings. The van der Waals surface area contributed by atoms with Crippen LogP contribution in [0.25, 0.3) is 9.40 Å². The molecule has 2 heteroatoms. The average Bonchev–Trinajstić information content (AvgIpc) is 3.17. The molecular weight excluding hydrogens is 328 g/mol. The number of hydrogen-bond acceptors (Lipinski definition) is 2. The topological polar surface area (TPSA) is 0 Å². The van der Waals surface area contributed by atoms with Gasteiger partial charge < -0.3 is 0 Å². The third kappa shape index (κ3) is 6.52. The minimum atomic E-state index is 1.29. The molecule has 24 heavy (non-hydrogen) atoms. The molecule has 0 fully saturated rings. The second kappa shape index (κ2) is 12.1. The van der Waals surface area contributed by atoms with Crippen molar-refractivity contribution in [2.45, 2.75) is 104 Å². The van der Waals surface area contributed by atoms with Crippen LogP contribution in [-0.2, 0) is 12.8 Å². The monoisotopic (exact) mass is 364 g/mol. The SMILES string of the molecule is CCCCCCCCc1csc2c(CCCCCCCC)csc12. The first kappa shape index (κ1) is 20.0. The Kier molecular flexibility index (Phi) is 10.1. The van der Waals surface area contributed by atoms with E-state index in [9.17, 15) is 0 Å². The van der Waals surface area contributed by atoms with E-state index in [1.165, 1.54) is 89.9 Å². The highest BCUT2D eigenvalue weighted by Crippen LogP contribution is 2.36. The summed E-state index contributed by atoms with van der Waals surface area (Å²) in [6.45, 7) is 4.59. The van der Waals surface area contributed by atoms with Crippen molar-refractivity contribution < 1.29 is 0 Å². The largest absolute Gasteiger partial charge is 0.142 e. The molecule has 0 aliphatic carbocycles. The van der Waals surface area contributed by atoms with Crippen molar-refractivity contribution in [2.24, 2.45) is 0 Å². The average molecular weight is 365 g/mol. The van der Waals surface area contributed by atoms with Crippen LogP contribution in [0.5, 0.6) is 0 Å². The molecule has 0 amide bonds. The van der Waals surface area contributed by atoms with E-state index in [1.807, 2.05) is 22.7 Å². The highest BCUT2D eigenvalue weighted by atomic mass is 32.1. The second-order valence-corrected chi connectivity index (χ2v) is 8.97. The van der Waals surface area contributed by atoms with Crippen molar-refractivity contribution >= 4 is 32.1 Å². The van der Waals surface area contributed by atoms with Gasteiger partial charge in [0.25, 0.3) is 0 Å². The smallest absolute Gasteiger partial charge is 0.0485 e. The highest BCUT2D eigenvalue weighted by Gasteiger charge is 2.10. The zero-order chi connectivity index (χ0) is 17.0. The Balaban J connectivity index is 1.72. The Hall–Kier alpha value is -0.340. The number of rotatable bonds is 14. The second-order valence-electron chi connectivity index (χ2n) is 7.22. The molecule has 0 aliphatic heterocycles. The van der Waals surface area contributed by atoms with Gasteiger partial charge in [0.1, 0.15) is 0 Å². The first-order valence-corrected chi connectivity index (χ1v) is 12.1. The van der Waals surface area contributed by atoms with Gasteiger partial charge in [0.05, 0.1) is 0 Å². The molecule has 0 aliphatic rings. The lowest BCUT2D eigenvalue weighted by molar-refractivity contribution is 0.608. The van der Waals surface area contributed by atoms with Gasteiger partial charge in [-0.05, 0) is 47.6 Å².